The Balaban J connectivity index is 1.24. The maximum Gasteiger partial charge on any atom is 0.349 e. The van der Waals surface area contributed by atoms with Crippen molar-refractivity contribution in [2.75, 3.05) is 0 Å². The molecule has 0 fully saturated rings. The molecule has 0 aliphatic heterocycles. The summed E-state index contributed by atoms with van der Waals surface area (Å²) in [5.74, 6) is 0.783. The topological polar surface area (TPSA) is 81.4 Å². The molecule has 2 aromatic heterocycles. The fraction of sp³-hybridized carbons (Fsp3) is 0.0938. The number of para-hydroxylation sites is 1. The van der Waals surface area contributed by atoms with E-state index in [0.717, 1.165) is 38.6 Å². The summed E-state index contributed by atoms with van der Waals surface area (Å²) in [6.07, 6.45) is 1.55. The fourth-order valence-corrected chi connectivity index (χ4v) is 4.96. The van der Waals surface area contributed by atoms with Crippen molar-refractivity contribution < 1.29 is 4.74 Å². The average molecular weight is 515 g/mol. The number of hydrogen-bond donors (Lipinski definition) is 1. The van der Waals surface area contributed by atoms with E-state index >= 15 is 0 Å². The van der Waals surface area contributed by atoms with Crippen molar-refractivity contribution in [3.8, 4) is 11.4 Å². The van der Waals surface area contributed by atoms with Crippen molar-refractivity contribution in [2.45, 2.75) is 20.5 Å². The zero-order chi connectivity index (χ0) is 26.9. The van der Waals surface area contributed by atoms with Crippen LogP contribution in [0, 0.1) is 13.8 Å². The minimum Gasteiger partial charge on any atom is -0.489 e. The summed E-state index contributed by atoms with van der Waals surface area (Å²) in [4.78, 5) is 28.0. The molecule has 6 aromatic rings. The molecule has 0 spiro atoms. The van der Waals surface area contributed by atoms with E-state index in [4.69, 9.17) is 4.74 Å². The van der Waals surface area contributed by atoms with Crippen LogP contribution in [-0.2, 0) is 6.61 Å². The van der Waals surface area contributed by atoms with Gasteiger partial charge in [0.1, 0.15) is 12.4 Å². The standard InChI is InChI=1S/C32H26N4O3/c1-21-18-25(19-33-36-31(37)29-12-5-6-13-30(29)34-32(36)38)22(2)35(21)26-14-16-27(17-15-26)39-20-24-10-7-9-23-8-3-4-11-28(23)24/h3-19H,20H2,1-2H3,(H,34,38). The zero-order valence-corrected chi connectivity index (χ0v) is 21.6. The molecule has 6 rings (SSSR count). The summed E-state index contributed by atoms with van der Waals surface area (Å²) >= 11 is 0. The highest BCUT2D eigenvalue weighted by Gasteiger charge is 2.11. The van der Waals surface area contributed by atoms with Gasteiger partial charge in [-0.25, -0.2) is 4.79 Å². The average Bonchev–Trinajstić information content (AvgIpc) is 3.24. The van der Waals surface area contributed by atoms with E-state index in [1.54, 1.807) is 30.5 Å². The zero-order valence-electron chi connectivity index (χ0n) is 21.6. The Morgan fingerprint density at radius 1 is 0.846 bits per heavy atom. The van der Waals surface area contributed by atoms with Gasteiger partial charge in [0, 0.05) is 22.6 Å². The van der Waals surface area contributed by atoms with Gasteiger partial charge < -0.3 is 14.3 Å². The molecule has 0 radical (unpaired) electrons. The number of rotatable bonds is 6. The number of fused-ring (bicyclic) bond motifs is 2. The van der Waals surface area contributed by atoms with Crippen LogP contribution in [0.25, 0.3) is 27.4 Å². The molecule has 0 atom stereocenters. The Morgan fingerprint density at radius 2 is 1.56 bits per heavy atom. The molecule has 1 N–H and O–H groups in total. The number of hydrogen-bond acceptors (Lipinski definition) is 4. The van der Waals surface area contributed by atoms with Crippen LogP contribution in [0.3, 0.4) is 0 Å². The van der Waals surface area contributed by atoms with Crippen LogP contribution in [0.2, 0.25) is 0 Å². The number of aromatic nitrogens is 3. The predicted octanol–water partition coefficient (Wildman–Crippen LogP) is 5.71. The third-order valence-electron chi connectivity index (χ3n) is 6.94. The summed E-state index contributed by atoms with van der Waals surface area (Å²) in [5, 5.41) is 7.02. The van der Waals surface area contributed by atoms with E-state index in [0.29, 0.717) is 17.5 Å². The van der Waals surface area contributed by atoms with Gasteiger partial charge in [-0.15, -0.1) is 4.68 Å². The van der Waals surface area contributed by atoms with Crippen molar-refractivity contribution >= 4 is 27.9 Å². The first kappa shape index (κ1) is 24.2. The predicted molar refractivity (Wildman–Crippen MR) is 155 cm³/mol. The lowest BCUT2D eigenvalue weighted by molar-refractivity contribution is 0.307. The van der Waals surface area contributed by atoms with Gasteiger partial charge >= 0.3 is 5.69 Å². The Hall–Kier alpha value is -5.17. The van der Waals surface area contributed by atoms with Crippen LogP contribution in [-0.4, -0.2) is 20.4 Å². The summed E-state index contributed by atoms with van der Waals surface area (Å²) in [6.45, 7) is 4.47. The molecule has 0 bridgehead atoms. The van der Waals surface area contributed by atoms with Gasteiger partial charge in [0.05, 0.1) is 17.1 Å². The first-order valence-corrected chi connectivity index (χ1v) is 12.7. The Bertz CT molecular complexity index is 1970. The minimum absolute atomic E-state index is 0.405. The number of aryl methyl sites for hydroxylation is 1. The van der Waals surface area contributed by atoms with Crippen LogP contribution in [0.4, 0.5) is 0 Å². The van der Waals surface area contributed by atoms with E-state index in [1.807, 2.05) is 56.3 Å². The molecular formula is C32H26N4O3. The van der Waals surface area contributed by atoms with E-state index in [9.17, 15) is 9.59 Å². The maximum absolute atomic E-state index is 12.8. The molecular weight excluding hydrogens is 488 g/mol. The molecule has 7 heteroatoms. The van der Waals surface area contributed by atoms with Gasteiger partial charge in [0.15, 0.2) is 0 Å². The van der Waals surface area contributed by atoms with E-state index in [1.165, 1.54) is 10.8 Å². The highest BCUT2D eigenvalue weighted by molar-refractivity contribution is 5.85. The number of H-pyrrole nitrogens is 1. The number of nitrogens with one attached hydrogen (secondary N) is 1. The first-order valence-electron chi connectivity index (χ1n) is 12.7. The molecule has 0 unspecified atom stereocenters. The highest BCUT2D eigenvalue weighted by Crippen LogP contribution is 2.24. The second-order valence-electron chi connectivity index (χ2n) is 9.42. The van der Waals surface area contributed by atoms with Crippen LogP contribution >= 0.6 is 0 Å². The first-order chi connectivity index (χ1) is 19.0. The highest BCUT2D eigenvalue weighted by atomic mass is 16.5. The number of ether oxygens (including phenoxy) is 1. The Labute approximate surface area is 224 Å². The van der Waals surface area contributed by atoms with Crippen molar-refractivity contribution in [2.24, 2.45) is 5.10 Å². The largest absolute Gasteiger partial charge is 0.489 e. The summed E-state index contributed by atoms with van der Waals surface area (Å²) in [6, 6.07) is 31.3. The van der Waals surface area contributed by atoms with Crippen molar-refractivity contribution in [3.05, 3.63) is 140 Å². The maximum atomic E-state index is 12.8. The van der Waals surface area contributed by atoms with Gasteiger partial charge in [-0.1, -0.05) is 54.6 Å². The summed E-state index contributed by atoms with van der Waals surface area (Å²) < 4.78 is 9.06. The Kier molecular flexibility index (Phi) is 6.17. The molecule has 0 saturated carbocycles. The second kappa shape index (κ2) is 9.95. The van der Waals surface area contributed by atoms with Gasteiger partial charge in [-0.05, 0) is 72.6 Å². The molecule has 4 aromatic carbocycles. The van der Waals surface area contributed by atoms with Crippen molar-refractivity contribution in [3.63, 3.8) is 0 Å². The molecule has 192 valence electrons. The minimum atomic E-state index is -0.581. The third kappa shape index (κ3) is 4.55. The fourth-order valence-electron chi connectivity index (χ4n) is 4.96. The third-order valence-corrected chi connectivity index (χ3v) is 6.94. The lowest BCUT2D eigenvalue weighted by Crippen LogP contribution is -2.32. The molecule has 0 aliphatic rings. The van der Waals surface area contributed by atoms with E-state index < -0.39 is 11.2 Å². The van der Waals surface area contributed by atoms with Crippen LogP contribution in [0.15, 0.2) is 112 Å². The SMILES string of the molecule is Cc1cc(C=Nn2c(=O)[nH]c3ccccc3c2=O)c(C)n1-c1ccc(OCc2cccc3ccccc23)cc1. The number of nitrogens with zero attached hydrogens (tertiary/aromatic N) is 3. The van der Waals surface area contributed by atoms with Gasteiger partial charge in [-0.3, -0.25) is 4.79 Å². The summed E-state index contributed by atoms with van der Waals surface area (Å²) in [5.41, 5.74) is 4.31. The smallest absolute Gasteiger partial charge is 0.349 e. The van der Waals surface area contributed by atoms with Gasteiger partial charge in [0.25, 0.3) is 5.56 Å². The molecule has 0 aliphatic carbocycles. The number of benzene rings is 4. The van der Waals surface area contributed by atoms with E-state index in [-0.39, 0.29) is 0 Å². The van der Waals surface area contributed by atoms with Gasteiger partial charge in [0.2, 0.25) is 0 Å². The lowest BCUT2D eigenvalue weighted by Gasteiger charge is -2.12. The van der Waals surface area contributed by atoms with Crippen molar-refractivity contribution in [1.82, 2.24) is 14.2 Å². The molecule has 0 saturated heterocycles. The quantitative estimate of drug-likeness (QED) is 0.289. The molecule has 39 heavy (non-hydrogen) atoms. The van der Waals surface area contributed by atoms with Gasteiger partial charge in [-0.2, -0.15) is 5.10 Å². The normalized spacial score (nSPS) is 11.5. The van der Waals surface area contributed by atoms with Crippen LogP contribution in [0.1, 0.15) is 22.5 Å². The lowest BCUT2D eigenvalue weighted by atomic mass is 10.1. The Morgan fingerprint density at radius 3 is 2.38 bits per heavy atom. The summed E-state index contributed by atoms with van der Waals surface area (Å²) in [7, 11) is 0. The molecule has 0 amide bonds. The van der Waals surface area contributed by atoms with Crippen molar-refractivity contribution in [1.29, 1.82) is 0 Å². The van der Waals surface area contributed by atoms with Crippen LogP contribution in [0.5, 0.6) is 5.75 Å². The molecule has 7 nitrogen and oxygen atoms in total. The molecule has 2 heterocycles. The number of aromatic amines is 1. The van der Waals surface area contributed by atoms with Crippen LogP contribution < -0.4 is 16.0 Å². The van der Waals surface area contributed by atoms with E-state index in [2.05, 4.69) is 45.0 Å². The monoisotopic (exact) mass is 514 g/mol. The second-order valence-corrected chi connectivity index (χ2v) is 9.42.